The average Bonchev–Trinajstić information content (AvgIpc) is 2.29. The molecule has 0 heterocycles. The van der Waals surface area contributed by atoms with E-state index in [4.69, 9.17) is 17.3 Å². The van der Waals surface area contributed by atoms with E-state index in [1.807, 2.05) is 0 Å². The Bertz CT molecular complexity index is 415. The van der Waals surface area contributed by atoms with Gasteiger partial charge >= 0.3 is 0 Å². The van der Waals surface area contributed by atoms with Crippen molar-refractivity contribution in [2.24, 2.45) is 0 Å². The molecule has 0 amide bonds. The molecule has 0 bridgehead atoms. The Morgan fingerprint density at radius 3 is 2.41 bits per heavy atom. The third-order valence-corrected chi connectivity index (χ3v) is 2.21. The van der Waals surface area contributed by atoms with Crippen LogP contribution in [0.1, 0.15) is 5.56 Å². The molecule has 17 heavy (non-hydrogen) atoms. The van der Waals surface area contributed by atoms with E-state index in [1.165, 1.54) is 0 Å². The number of benzene rings is 1. The van der Waals surface area contributed by atoms with Gasteiger partial charge in [-0.25, -0.2) is 13.2 Å². The number of aliphatic hydroxyl groups is 1. The summed E-state index contributed by atoms with van der Waals surface area (Å²) in [7, 11) is 0. The maximum Gasteiger partial charge on any atom is 0.166 e. The van der Waals surface area contributed by atoms with Crippen molar-refractivity contribution in [2.45, 2.75) is 6.54 Å². The summed E-state index contributed by atoms with van der Waals surface area (Å²) in [5.74, 6) is -3.19. The zero-order valence-corrected chi connectivity index (χ0v) is 9.58. The standard InChI is InChI=1S/C10H11F3N2OS/c11-7-4-9(13)8(12)3-6(7)5-15-10(17)14-1-2-16/h3-4,16H,1-2,5H2,(H2,14,15,17). The summed E-state index contributed by atoms with van der Waals surface area (Å²) in [6, 6.07) is 1.25. The van der Waals surface area contributed by atoms with Crippen molar-refractivity contribution >= 4 is 17.3 Å². The molecule has 1 aromatic rings. The Hall–Kier alpha value is -1.34. The average molecular weight is 264 g/mol. The first-order valence-corrected chi connectivity index (χ1v) is 5.21. The third-order valence-electron chi connectivity index (χ3n) is 1.93. The molecular formula is C10H11F3N2OS. The molecule has 1 rings (SSSR count). The van der Waals surface area contributed by atoms with E-state index in [9.17, 15) is 13.2 Å². The lowest BCUT2D eigenvalue weighted by Crippen LogP contribution is -2.36. The zero-order valence-electron chi connectivity index (χ0n) is 8.77. The van der Waals surface area contributed by atoms with Crippen LogP contribution >= 0.6 is 12.2 Å². The number of rotatable bonds is 4. The van der Waals surface area contributed by atoms with Crippen LogP contribution in [0, 0.1) is 17.5 Å². The van der Waals surface area contributed by atoms with Crippen LogP contribution in [0.15, 0.2) is 12.1 Å². The number of hydrogen-bond donors (Lipinski definition) is 3. The van der Waals surface area contributed by atoms with Gasteiger partial charge in [0.1, 0.15) is 5.82 Å². The molecule has 1 aromatic carbocycles. The summed E-state index contributed by atoms with van der Waals surface area (Å²) < 4.78 is 38.6. The van der Waals surface area contributed by atoms with Gasteiger partial charge < -0.3 is 15.7 Å². The lowest BCUT2D eigenvalue weighted by Gasteiger charge is -2.10. The highest BCUT2D eigenvalue weighted by Crippen LogP contribution is 2.13. The van der Waals surface area contributed by atoms with Gasteiger partial charge in [0.15, 0.2) is 16.7 Å². The van der Waals surface area contributed by atoms with Crippen LogP contribution in [0.4, 0.5) is 13.2 Å². The van der Waals surface area contributed by atoms with E-state index in [0.29, 0.717) is 6.07 Å². The Labute approximate surface area is 102 Å². The van der Waals surface area contributed by atoms with Gasteiger partial charge in [-0.3, -0.25) is 0 Å². The largest absolute Gasteiger partial charge is 0.395 e. The Morgan fingerprint density at radius 1 is 1.12 bits per heavy atom. The van der Waals surface area contributed by atoms with Crippen molar-refractivity contribution in [2.75, 3.05) is 13.2 Å². The third kappa shape index (κ3) is 4.20. The minimum Gasteiger partial charge on any atom is -0.395 e. The fourth-order valence-electron chi connectivity index (χ4n) is 1.11. The Kier molecular flexibility index (Phi) is 5.17. The molecule has 7 heteroatoms. The molecule has 0 aliphatic carbocycles. The number of thiocarbonyl (C=S) groups is 1. The van der Waals surface area contributed by atoms with Crippen LogP contribution in [0.3, 0.4) is 0 Å². The van der Waals surface area contributed by atoms with Crippen LogP contribution in [0.5, 0.6) is 0 Å². The second-order valence-corrected chi connectivity index (χ2v) is 3.60. The fourth-order valence-corrected chi connectivity index (χ4v) is 1.28. The SMILES string of the molecule is OCCNC(=S)NCc1cc(F)c(F)cc1F. The van der Waals surface area contributed by atoms with Crippen molar-refractivity contribution in [1.82, 2.24) is 10.6 Å². The minimum absolute atomic E-state index is 0.0305. The van der Waals surface area contributed by atoms with E-state index in [2.05, 4.69) is 10.6 Å². The van der Waals surface area contributed by atoms with Crippen LogP contribution in [0.2, 0.25) is 0 Å². The molecule has 0 radical (unpaired) electrons. The number of nitrogens with one attached hydrogen (secondary N) is 2. The number of halogens is 3. The molecule has 0 aliphatic rings. The van der Waals surface area contributed by atoms with Gasteiger partial charge in [-0.2, -0.15) is 0 Å². The molecule has 0 atom stereocenters. The molecule has 0 aromatic heterocycles. The summed E-state index contributed by atoms with van der Waals surface area (Å²) in [6.07, 6.45) is 0. The van der Waals surface area contributed by atoms with Crippen LogP contribution < -0.4 is 10.6 Å². The van der Waals surface area contributed by atoms with Crippen LogP contribution in [-0.4, -0.2) is 23.4 Å². The van der Waals surface area contributed by atoms with Gasteiger partial charge in [-0.15, -0.1) is 0 Å². The van der Waals surface area contributed by atoms with Crippen LogP contribution in [-0.2, 0) is 6.54 Å². The monoisotopic (exact) mass is 264 g/mol. The van der Waals surface area contributed by atoms with Gasteiger partial charge in [0.05, 0.1) is 6.61 Å². The summed E-state index contributed by atoms with van der Waals surface area (Å²) in [5.41, 5.74) is -0.0305. The first-order valence-electron chi connectivity index (χ1n) is 4.80. The lowest BCUT2D eigenvalue weighted by atomic mass is 10.2. The molecule has 94 valence electrons. The lowest BCUT2D eigenvalue weighted by molar-refractivity contribution is 0.300. The van der Waals surface area contributed by atoms with Crippen molar-refractivity contribution in [3.8, 4) is 0 Å². The van der Waals surface area contributed by atoms with E-state index in [-0.39, 0.29) is 30.4 Å². The van der Waals surface area contributed by atoms with E-state index >= 15 is 0 Å². The zero-order chi connectivity index (χ0) is 12.8. The van der Waals surface area contributed by atoms with Crippen molar-refractivity contribution < 1.29 is 18.3 Å². The van der Waals surface area contributed by atoms with E-state index < -0.39 is 17.5 Å². The normalized spacial score (nSPS) is 10.1. The summed E-state index contributed by atoms with van der Waals surface area (Å²) in [5, 5.41) is 13.9. The van der Waals surface area contributed by atoms with Crippen molar-refractivity contribution in [3.05, 3.63) is 35.1 Å². The maximum absolute atomic E-state index is 13.2. The number of hydrogen-bond acceptors (Lipinski definition) is 2. The smallest absolute Gasteiger partial charge is 0.166 e. The second kappa shape index (κ2) is 6.41. The van der Waals surface area contributed by atoms with Gasteiger partial charge in [-0.1, -0.05) is 0 Å². The minimum atomic E-state index is -1.23. The maximum atomic E-state index is 13.2. The highest BCUT2D eigenvalue weighted by Gasteiger charge is 2.09. The van der Waals surface area contributed by atoms with Crippen LogP contribution in [0.25, 0.3) is 0 Å². The molecule has 0 saturated heterocycles. The molecule has 3 nitrogen and oxygen atoms in total. The predicted octanol–water partition coefficient (Wildman–Crippen LogP) is 1.06. The Balaban J connectivity index is 2.57. The second-order valence-electron chi connectivity index (χ2n) is 3.19. The van der Waals surface area contributed by atoms with Crippen molar-refractivity contribution in [1.29, 1.82) is 0 Å². The predicted molar refractivity (Wildman–Crippen MR) is 60.8 cm³/mol. The van der Waals surface area contributed by atoms with Crippen molar-refractivity contribution in [3.63, 3.8) is 0 Å². The van der Waals surface area contributed by atoms with Gasteiger partial charge in [0.2, 0.25) is 0 Å². The first-order chi connectivity index (χ1) is 8.04. The van der Waals surface area contributed by atoms with Gasteiger partial charge in [0.25, 0.3) is 0 Å². The first kappa shape index (κ1) is 13.7. The summed E-state index contributed by atoms with van der Waals surface area (Å²) >= 11 is 4.80. The van der Waals surface area contributed by atoms with Gasteiger partial charge in [0, 0.05) is 24.7 Å². The fraction of sp³-hybridized carbons (Fsp3) is 0.300. The molecule has 0 spiro atoms. The summed E-state index contributed by atoms with van der Waals surface area (Å²) in [6.45, 7) is 0.0910. The molecular weight excluding hydrogens is 253 g/mol. The topological polar surface area (TPSA) is 44.3 Å². The van der Waals surface area contributed by atoms with E-state index in [0.717, 1.165) is 6.07 Å². The number of aliphatic hydroxyl groups excluding tert-OH is 1. The highest BCUT2D eigenvalue weighted by atomic mass is 32.1. The highest BCUT2D eigenvalue weighted by molar-refractivity contribution is 7.80. The molecule has 0 fully saturated rings. The molecule has 0 unspecified atom stereocenters. The molecule has 0 saturated carbocycles. The summed E-state index contributed by atoms with van der Waals surface area (Å²) in [4.78, 5) is 0. The Morgan fingerprint density at radius 2 is 1.76 bits per heavy atom. The quantitative estimate of drug-likeness (QED) is 0.562. The molecule has 0 aliphatic heterocycles. The van der Waals surface area contributed by atoms with E-state index in [1.54, 1.807) is 0 Å². The molecule has 3 N–H and O–H groups in total. The van der Waals surface area contributed by atoms with Gasteiger partial charge in [-0.05, 0) is 18.3 Å².